The quantitative estimate of drug-likeness (QED) is 0.559. The van der Waals surface area contributed by atoms with E-state index >= 15 is 0 Å². The van der Waals surface area contributed by atoms with Crippen molar-refractivity contribution in [1.82, 2.24) is 19.7 Å². The van der Waals surface area contributed by atoms with Gasteiger partial charge in [-0.1, -0.05) is 12.1 Å². The number of benzene rings is 1. The predicted molar refractivity (Wildman–Crippen MR) is 98.7 cm³/mol. The van der Waals surface area contributed by atoms with Gasteiger partial charge in [-0.25, -0.2) is 4.98 Å². The van der Waals surface area contributed by atoms with Crippen LogP contribution in [0.15, 0.2) is 48.1 Å². The Morgan fingerprint density at radius 3 is 2.92 bits per heavy atom. The summed E-state index contributed by atoms with van der Waals surface area (Å²) in [4.78, 5) is 9.05. The molecule has 0 radical (unpaired) electrons. The molecule has 3 aromatic heterocycles. The lowest BCUT2D eigenvalue weighted by Crippen LogP contribution is -2.30. The van der Waals surface area contributed by atoms with E-state index in [2.05, 4.69) is 34.4 Å². The molecule has 0 amide bonds. The second-order valence-electron chi connectivity index (χ2n) is 6.26. The van der Waals surface area contributed by atoms with Crippen LogP contribution in [0.2, 0.25) is 0 Å². The molecule has 5 rings (SSSR count). The van der Waals surface area contributed by atoms with Gasteiger partial charge in [-0.15, -0.1) is 11.3 Å². The molecule has 0 spiro atoms. The monoisotopic (exact) mass is 348 g/mol. The third-order valence-corrected chi connectivity index (χ3v) is 5.29. The lowest BCUT2D eigenvalue weighted by atomic mass is 10.0. The first-order valence-corrected chi connectivity index (χ1v) is 9.10. The SMILES string of the molecule is Cc1cccc(-c2nn(C3COC3)cc2-c2ccc3ncsc3c2)n1. The molecule has 1 fully saturated rings. The minimum Gasteiger partial charge on any atom is -0.377 e. The van der Waals surface area contributed by atoms with Gasteiger partial charge in [-0.3, -0.25) is 9.67 Å². The van der Waals surface area contributed by atoms with E-state index in [1.54, 1.807) is 11.3 Å². The number of nitrogens with zero attached hydrogens (tertiary/aromatic N) is 4. The number of thiazole rings is 1. The van der Waals surface area contributed by atoms with Gasteiger partial charge >= 0.3 is 0 Å². The number of pyridine rings is 1. The third kappa shape index (κ3) is 2.54. The zero-order chi connectivity index (χ0) is 16.8. The molecular weight excluding hydrogens is 332 g/mol. The molecule has 4 aromatic rings. The molecule has 0 saturated carbocycles. The van der Waals surface area contributed by atoms with Crippen molar-refractivity contribution in [3.63, 3.8) is 0 Å². The largest absolute Gasteiger partial charge is 0.377 e. The number of hydrogen-bond acceptors (Lipinski definition) is 5. The third-order valence-electron chi connectivity index (χ3n) is 4.50. The molecule has 1 aromatic carbocycles. The molecule has 25 heavy (non-hydrogen) atoms. The summed E-state index contributed by atoms with van der Waals surface area (Å²) in [5, 5.41) is 4.85. The second kappa shape index (κ2) is 5.75. The van der Waals surface area contributed by atoms with Gasteiger partial charge < -0.3 is 4.74 Å². The predicted octanol–water partition coefficient (Wildman–Crippen LogP) is 4.10. The summed E-state index contributed by atoms with van der Waals surface area (Å²) >= 11 is 1.66. The van der Waals surface area contributed by atoms with Gasteiger partial charge in [0.2, 0.25) is 0 Å². The standard InChI is InChI=1S/C19H16N4OS/c1-12-3-2-4-17(21-12)19-15(8-23(22-19)14-9-24-10-14)13-5-6-16-18(7-13)25-11-20-16/h2-8,11,14H,9-10H2,1H3. The van der Waals surface area contributed by atoms with Crippen LogP contribution >= 0.6 is 11.3 Å². The molecular formula is C19H16N4OS. The topological polar surface area (TPSA) is 52.8 Å². The first-order valence-electron chi connectivity index (χ1n) is 8.22. The molecule has 0 N–H and O–H groups in total. The average molecular weight is 348 g/mol. The normalized spacial score (nSPS) is 14.8. The Bertz CT molecular complexity index is 1060. The van der Waals surface area contributed by atoms with E-state index in [1.807, 2.05) is 35.3 Å². The summed E-state index contributed by atoms with van der Waals surface area (Å²) in [5.41, 5.74) is 7.96. The fraction of sp³-hybridized carbons (Fsp3) is 0.211. The number of aryl methyl sites for hydroxylation is 1. The van der Waals surface area contributed by atoms with E-state index in [9.17, 15) is 0 Å². The number of hydrogen-bond donors (Lipinski definition) is 0. The molecule has 0 aliphatic carbocycles. The van der Waals surface area contributed by atoms with Crippen molar-refractivity contribution in [3.05, 3.63) is 53.8 Å². The average Bonchev–Trinajstić information content (AvgIpc) is 3.19. The molecule has 0 atom stereocenters. The first kappa shape index (κ1) is 14.7. The van der Waals surface area contributed by atoms with Crippen molar-refractivity contribution in [3.8, 4) is 22.5 Å². The van der Waals surface area contributed by atoms with Gasteiger partial charge in [0.05, 0.1) is 40.7 Å². The van der Waals surface area contributed by atoms with Crippen LogP contribution < -0.4 is 0 Å². The first-order chi connectivity index (χ1) is 12.3. The summed E-state index contributed by atoms with van der Waals surface area (Å²) in [6, 6.07) is 12.7. The molecule has 124 valence electrons. The Hall–Kier alpha value is -2.57. The van der Waals surface area contributed by atoms with Gasteiger partial charge in [0.25, 0.3) is 0 Å². The lowest BCUT2D eigenvalue weighted by molar-refractivity contribution is -0.0285. The molecule has 6 heteroatoms. The maximum absolute atomic E-state index is 5.33. The maximum atomic E-state index is 5.33. The van der Waals surface area contributed by atoms with Crippen LogP contribution in [0.4, 0.5) is 0 Å². The van der Waals surface area contributed by atoms with Crippen LogP contribution in [0.1, 0.15) is 11.7 Å². The zero-order valence-corrected chi connectivity index (χ0v) is 14.5. The highest BCUT2D eigenvalue weighted by Crippen LogP contribution is 2.34. The Morgan fingerprint density at radius 1 is 1.20 bits per heavy atom. The highest BCUT2D eigenvalue weighted by Gasteiger charge is 2.24. The minimum absolute atomic E-state index is 0.310. The van der Waals surface area contributed by atoms with Crippen LogP contribution in [-0.2, 0) is 4.74 Å². The summed E-state index contributed by atoms with van der Waals surface area (Å²) < 4.78 is 8.54. The Balaban J connectivity index is 1.69. The van der Waals surface area contributed by atoms with Crippen LogP contribution in [0.5, 0.6) is 0 Å². The van der Waals surface area contributed by atoms with Gasteiger partial charge in [-0.2, -0.15) is 5.10 Å². The van der Waals surface area contributed by atoms with Crippen molar-refractivity contribution in [2.24, 2.45) is 0 Å². The summed E-state index contributed by atoms with van der Waals surface area (Å²) in [5.74, 6) is 0. The fourth-order valence-electron chi connectivity index (χ4n) is 3.05. The van der Waals surface area contributed by atoms with Crippen molar-refractivity contribution < 1.29 is 4.74 Å². The number of aromatic nitrogens is 4. The van der Waals surface area contributed by atoms with Crippen LogP contribution in [-0.4, -0.2) is 33.0 Å². The maximum Gasteiger partial charge on any atom is 0.119 e. The molecule has 1 aliphatic rings. The van der Waals surface area contributed by atoms with Crippen LogP contribution in [0, 0.1) is 6.92 Å². The smallest absolute Gasteiger partial charge is 0.119 e. The minimum atomic E-state index is 0.310. The van der Waals surface area contributed by atoms with E-state index in [0.717, 1.165) is 46.9 Å². The van der Waals surface area contributed by atoms with Crippen molar-refractivity contribution in [1.29, 1.82) is 0 Å². The zero-order valence-electron chi connectivity index (χ0n) is 13.7. The summed E-state index contributed by atoms with van der Waals surface area (Å²) in [6.07, 6.45) is 2.12. The van der Waals surface area contributed by atoms with Gasteiger partial charge in [0.15, 0.2) is 0 Å². The number of ether oxygens (including phenoxy) is 1. The van der Waals surface area contributed by atoms with Gasteiger partial charge in [0.1, 0.15) is 5.69 Å². The van der Waals surface area contributed by atoms with E-state index < -0.39 is 0 Å². The summed E-state index contributed by atoms with van der Waals surface area (Å²) in [6.45, 7) is 3.44. The lowest BCUT2D eigenvalue weighted by Gasteiger charge is -2.25. The van der Waals surface area contributed by atoms with E-state index in [0.29, 0.717) is 6.04 Å². The Kier molecular flexibility index (Phi) is 3.39. The molecule has 4 heterocycles. The van der Waals surface area contributed by atoms with Crippen LogP contribution in [0.25, 0.3) is 32.7 Å². The number of rotatable bonds is 3. The molecule has 1 aliphatic heterocycles. The molecule has 1 saturated heterocycles. The molecule has 0 unspecified atom stereocenters. The van der Waals surface area contributed by atoms with Crippen molar-refractivity contribution >= 4 is 21.6 Å². The number of fused-ring (bicyclic) bond motifs is 1. The van der Waals surface area contributed by atoms with Gasteiger partial charge in [-0.05, 0) is 36.8 Å². The highest BCUT2D eigenvalue weighted by atomic mass is 32.1. The Morgan fingerprint density at radius 2 is 2.12 bits per heavy atom. The van der Waals surface area contributed by atoms with Crippen molar-refractivity contribution in [2.75, 3.05) is 13.2 Å². The van der Waals surface area contributed by atoms with E-state index in [-0.39, 0.29) is 0 Å². The fourth-order valence-corrected chi connectivity index (χ4v) is 3.77. The van der Waals surface area contributed by atoms with Gasteiger partial charge in [0, 0.05) is 17.5 Å². The van der Waals surface area contributed by atoms with Crippen LogP contribution in [0.3, 0.4) is 0 Å². The Labute approximate surface area is 148 Å². The van der Waals surface area contributed by atoms with Crippen molar-refractivity contribution in [2.45, 2.75) is 13.0 Å². The molecule has 0 bridgehead atoms. The summed E-state index contributed by atoms with van der Waals surface area (Å²) in [7, 11) is 0. The second-order valence-corrected chi connectivity index (χ2v) is 7.15. The highest BCUT2D eigenvalue weighted by molar-refractivity contribution is 7.16. The van der Waals surface area contributed by atoms with E-state index in [1.165, 1.54) is 4.70 Å². The van der Waals surface area contributed by atoms with E-state index in [4.69, 9.17) is 9.84 Å². The molecule has 5 nitrogen and oxygen atoms in total.